The number of ether oxygens (including phenoxy) is 2. The summed E-state index contributed by atoms with van der Waals surface area (Å²) in [7, 11) is 1.57. The van der Waals surface area contributed by atoms with Gasteiger partial charge in [0.2, 0.25) is 0 Å². The van der Waals surface area contributed by atoms with Gasteiger partial charge < -0.3 is 14.8 Å². The molecule has 7 heteroatoms. The van der Waals surface area contributed by atoms with Crippen LogP contribution in [-0.2, 0) is 16.0 Å². The fourth-order valence-electron chi connectivity index (χ4n) is 1.64. The molecule has 0 fully saturated rings. The van der Waals surface area contributed by atoms with Crippen molar-refractivity contribution in [1.29, 1.82) is 0 Å². The molecule has 1 aromatic heterocycles. The van der Waals surface area contributed by atoms with Gasteiger partial charge in [-0.2, -0.15) is 5.10 Å². The van der Waals surface area contributed by atoms with E-state index >= 15 is 0 Å². The summed E-state index contributed by atoms with van der Waals surface area (Å²) in [6, 6.07) is 0. The van der Waals surface area contributed by atoms with Gasteiger partial charge in [-0.15, -0.1) is 0 Å². The van der Waals surface area contributed by atoms with Crippen molar-refractivity contribution in [3.05, 3.63) is 21.6 Å². The largest absolute Gasteiger partial charge is 0.383 e. The summed E-state index contributed by atoms with van der Waals surface area (Å²) < 4.78 is 11.7. The van der Waals surface area contributed by atoms with E-state index in [-0.39, 0.29) is 10.6 Å². The molecule has 0 aromatic carbocycles. The Morgan fingerprint density at radius 3 is 2.86 bits per heavy atom. The van der Waals surface area contributed by atoms with Crippen LogP contribution in [0, 0.1) is 5.92 Å². The van der Waals surface area contributed by atoms with Crippen LogP contribution < -0.4 is 10.9 Å². The van der Waals surface area contributed by atoms with Gasteiger partial charge in [-0.05, 0) is 12.3 Å². The van der Waals surface area contributed by atoms with Crippen molar-refractivity contribution in [2.24, 2.45) is 5.92 Å². The number of anilines is 1. The van der Waals surface area contributed by atoms with E-state index in [2.05, 4.69) is 24.3 Å². The van der Waals surface area contributed by atoms with Crippen LogP contribution in [0.5, 0.6) is 0 Å². The van der Waals surface area contributed by atoms with Crippen molar-refractivity contribution in [1.82, 2.24) is 9.78 Å². The van der Waals surface area contributed by atoms with E-state index in [1.54, 1.807) is 13.3 Å². The van der Waals surface area contributed by atoms with E-state index < -0.39 is 0 Å². The Morgan fingerprint density at radius 1 is 1.43 bits per heavy atom. The molecule has 21 heavy (non-hydrogen) atoms. The maximum absolute atomic E-state index is 12.0. The third-order valence-corrected chi connectivity index (χ3v) is 3.09. The predicted molar refractivity (Wildman–Crippen MR) is 84.1 cm³/mol. The van der Waals surface area contributed by atoms with E-state index in [1.165, 1.54) is 4.68 Å². The molecule has 0 aliphatic rings. The van der Waals surface area contributed by atoms with Gasteiger partial charge >= 0.3 is 0 Å². The zero-order valence-corrected chi connectivity index (χ0v) is 13.7. The summed E-state index contributed by atoms with van der Waals surface area (Å²) in [6.07, 6.45) is 2.41. The summed E-state index contributed by atoms with van der Waals surface area (Å²) in [5.74, 6) is 0.538. The first-order chi connectivity index (χ1) is 10.1. The van der Waals surface area contributed by atoms with Crippen molar-refractivity contribution >= 4 is 17.3 Å². The molecular formula is C14H24ClN3O3. The van der Waals surface area contributed by atoms with Crippen LogP contribution in [0.2, 0.25) is 5.02 Å². The molecule has 0 radical (unpaired) electrons. The lowest BCUT2D eigenvalue weighted by atomic mass is 10.2. The molecule has 0 saturated carbocycles. The monoisotopic (exact) mass is 317 g/mol. The fraction of sp³-hybridized carbons (Fsp3) is 0.714. The van der Waals surface area contributed by atoms with Gasteiger partial charge in [0, 0.05) is 26.9 Å². The van der Waals surface area contributed by atoms with E-state index in [0.29, 0.717) is 37.9 Å². The molecule has 1 heterocycles. The topological polar surface area (TPSA) is 65.4 Å². The Balaban J connectivity index is 2.42. The van der Waals surface area contributed by atoms with Crippen molar-refractivity contribution < 1.29 is 9.47 Å². The minimum Gasteiger partial charge on any atom is -0.383 e. The molecular weight excluding hydrogens is 294 g/mol. The third-order valence-electron chi connectivity index (χ3n) is 2.72. The van der Waals surface area contributed by atoms with E-state index in [1.807, 2.05) is 0 Å². The van der Waals surface area contributed by atoms with Crippen molar-refractivity contribution in [3.8, 4) is 0 Å². The Bertz CT molecular complexity index is 477. The second-order valence-electron chi connectivity index (χ2n) is 5.14. The highest BCUT2D eigenvalue weighted by atomic mass is 35.5. The number of methoxy groups -OCH3 is 1. The van der Waals surface area contributed by atoms with Crippen LogP contribution >= 0.6 is 11.6 Å². The van der Waals surface area contributed by atoms with Gasteiger partial charge in [-0.1, -0.05) is 25.4 Å². The lowest BCUT2D eigenvalue weighted by Gasteiger charge is -2.10. The second kappa shape index (κ2) is 9.76. The van der Waals surface area contributed by atoms with E-state index in [9.17, 15) is 4.79 Å². The standard InChI is InChI=1S/C14H24ClN3O3/c1-11(2)10-21-7-4-5-16-12-9-17-18(6-8-20-3)14(19)13(12)15/h9,11,16H,4-8,10H2,1-3H3. The van der Waals surface area contributed by atoms with Gasteiger partial charge in [0.05, 0.1) is 25.0 Å². The van der Waals surface area contributed by atoms with Gasteiger partial charge in [0.25, 0.3) is 5.56 Å². The number of nitrogens with zero attached hydrogens (tertiary/aromatic N) is 2. The van der Waals surface area contributed by atoms with Crippen molar-refractivity contribution in [2.45, 2.75) is 26.8 Å². The highest BCUT2D eigenvalue weighted by Crippen LogP contribution is 2.14. The van der Waals surface area contributed by atoms with Crippen LogP contribution in [0.4, 0.5) is 5.69 Å². The number of hydrogen-bond donors (Lipinski definition) is 1. The van der Waals surface area contributed by atoms with Crippen molar-refractivity contribution in [2.75, 3.05) is 38.8 Å². The number of rotatable bonds is 10. The molecule has 0 spiro atoms. The van der Waals surface area contributed by atoms with Crippen LogP contribution in [0.25, 0.3) is 0 Å². The lowest BCUT2D eigenvalue weighted by Crippen LogP contribution is -2.26. The van der Waals surface area contributed by atoms with Crippen LogP contribution in [0.15, 0.2) is 11.0 Å². The van der Waals surface area contributed by atoms with E-state index in [4.69, 9.17) is 21.1 Å². The van der Waals surface area contributed by atoms with Crippen LogP contribution in [0.1, 0.15) is 20.3 Å². The number of hydrogen-bond acceptors (Lipinski definition) is 5. The molecule has 0 bridgehead atoms. The quantitative estimate of drug-likeness (QED) is 0.669. The molecule has 0 unspecified atom stereocenters. The summed E-state index contributed by atoms with van der Waals surface area (Å²) in [6.45, 7) is 7.16. The Labute approximate surface area is 130 Å². The first-order valence-electron chi connectivity index (χ1n) is 7.12. The fourth-order valence-corrected chi connectivity index (χ4v) is 1.85. The molecule has 6 nitrogen and oxygen atoms in total. The maximum Gasteiger partial charge on any atom is 0.287 e. The minimum absolute atomic E-state index is 0.157. The van der Waals surface area contributed by atoms with Gasteiger partial charge in [-0.25, -0.2) is 4.68 Å². The van der Waals surface area contributed by atoms with Gasteiger partial charge in [0.15, 0.2) is 0 Å². The summed E-state index contributed by atoms with van der Waals surface area (Å²) in [5.41, 5.74) is 0.244. The molecule has 0 aliphatic carbocycles. The number of aromatic nitrogens is 2. The van der Waals surface area contributed by atoms with E-state index in [0.717, 1.165) is 13.0 Å². The zero-order valence-electron chi connectivity index (χ0n) is 12.9. The molecule has 1 N–H and O–H groups in total. The second-order valence-corrected chi connectivity index (χ2v) is 5.52. The number of halogens is 1. The molecule has 1 aromatic rings. The summed E-state index contributed by atoms with van der Waals surface area (Å²) in [5, 5.41) is 7.32. The highest BCUT2D eigenvalue weighted by molar-refractivity contribution is 6.32. The lowest BCUT2D eigenvalue weighted by molar-refractivity contribution is 0.110. The third kappa shape index (κ3) is 6.46. The summed E-state index contributed by atoms with van der Waals surface area (Å²) >= 11 is 6.05. The zero-order chi connectivity index (χ0) is 15.7. The molecule has 0 saturated heterocycles. The average molecular weight is 318 g/mol. The Morgan fingerprint density at radius 2 is 2.19 bits per heavy atom. The first-order valence-corrected chi connectivity index (χ1v) is 7.50. The predicted octanol–water partition coefficient (Wildman–Crippen LogP) is 2.02. The highest BCUT2D eigenvalue weighted by Gasteiger charge is 2.08. The SMILES string of the molecule is COCCn1ncc(NCCCOCC(C)C)c(Cl)c1=O. The normalized spacial score (nSPS) is 11.1. The van der Waals surface area contributed by atoms with Crippen molar-refractivity contribution in [3.63, 3.8) is 0 Å². The van der Waals surface area contributed by atoms with Gasteiger partial charge in [-0.3, -0.25) is 4.79 Å². The number of nitrogens with one attached hydrogen (secondary N) is 1. The molecule has 0 amide bonds. The minimum atomic E-state index is -0.310. The molecule has 1 rings (SSSR count). The Hall–Kier alpha value is -1.11. The molecule has 0 aliphatic heterocycles. The molecule has 120 valence electrons. The van der Waals surface area contributed by atoms with Crippen LogP contribution in [-0.4, -0.2) is 43.3 Å². The average Bonchev–Trinajstić information content (AvgIpc) is 2.45. The summed E-state index contributed by atoms with van der Waals surface area (Å²) in [4.78, 5) is 12.0. The van der Waals surface area contributed by atoms with Crippen LogP contribution in [0.3, 0.4) is 0 Å². The smallest absolute Gasteiger partial charge is 0.287 e. The molecule has 0 atom stereocenters. The van der Waals surface area contributed by atoms with Gasteiger partial charge in [0.1, 0.15) is 5.02 Å². The maximum atomic E-state index is 12.0. The first kappa shape index (κ1) is 17.9. The Kier molecular flexibility index (Phi) is 8.34.